The lowest BCUT2D eigenvalue weighted by molar-refractivity contribution is -0.135. The van der Waals surface area contributed by atoms with Crippen LogP contribution in [0.1, 0.15) is 44.1 Å². The quantitative estimate of drug-likeness (QED) is 0.728. The van der Waals surface area contributed by atoms with E-state index in [1.54, 1.807) is 11.8 Å². The Morgan fingerprint density at radius 1 is 1.10 bits per heavy atom. The summed E-state index contributed by atoms with van der Waals surface area (Å²) in [5.74, 6) is -0.0236. The summed E-state index contributed by atoms with van der Waals surface area (Å²) in [6.45, 7) is 4.01. The van der Waals surface area contributed by atoms with E-state index in [9.17, 15) is 9.59 Å². The Balaban J connectivity index is 1.41. The summed E-state index contributed by atoms with van der Waals surface area (Å²) in [5.41, 5.74) is 1.03. The molecule has 2 aliphatic heterocycles. The smallest absolute Gasteiger partial charge is 0.261 e. The molecule has 3 aliphatic rings. The van der Waals surface area contributed by atoms with E-state index in [2.05, 4.69) is 10.2 Å². The van der Waals surface area contributed by atoms with Crippen molar-refractivity contribution in [3.63, 3.8) is 0 Å². The predicted molar refractivity (Wildman–Crippen MR) is 118 cm³/mol. The van der Waals surface area contributed by atoms with E-state index in [4.69, 9.17) is 0 Å². The molecule has 6 heteroatoms. The van der Waals surface area contributed by atoms with Crippen LogP contribution in [0.5, 0.6) is 0 Å². The predicted octanol–water partition coefficient (Wildman–Crippen LogP) is 3.13. The normalized spacial score (nSPS) is 26.6. The van der Waals surface area contributed by atoms with Crippen molar-refractivity contribution in [2.45, 2.75) is 49.8 Å². The highest BCUT2D eigenvalue weighted by atomic mass is 32.2. The fourth-order valence-corrected chi connectivity index (χ4v) is 6.11. The maximum Gasteiger partial charge on any atom is 0.261 e. The van der Waals surface area contributed by atoms with Crippen molar-refractivity contribution in [3.05, 3.63) is 40.8 Å². The van der Waals surface area contributed by atoms with Crippen LogP contribution in [-0.2, 0) is 9.59 Å². The van der Waals surface area contributed by atoms with Gasteiger partial charge in [0.15, 0.2) is 0 Å². The minimum Gasteiger partial charge on any atom is -0.353 e. The van der Waals surface area contributed by atoms with Gasteiger partial charge in [0.2, 0.25) is 5.91 Å². The van der Waals surface area contributed by atoms with Crippen LogP contribution in [0.3, 0.4) is 0 Å². The summed E-state index contributed by atoms with van der Waals surface area (Å²) in [5, 5.41) is 3.43. The van der Waals surface area contributed by atoms with Gasteiger partial charge in [-0.1, -0.05) is 43.2 Å². The van der Waals surface area contributed by atoms with Gasteiger partial charge in [-0.2, -0.15) is 0 Å². The number of thioether (sulfide) groups is 1. The minimum atomic E-state index is -0.0344. The molecule has 1 aromatic rings. The lowest BCUT2D eigenvalue weighted by atomic mass is 9.93. The molecule has 0 spiro atoms. The molecule has 0 aromatic heterocycles. The van der Waals surface area contributed by atoms with E-state index in [-0.39, 0.29) is 24.4 Å². The summed E-state index contributed by atoms with van der Waals surface area (Å²) in [4.78, 5) is 30.9. The average Bonchev–Trinajstić information content (AvgIpc) is 3.25. The third-order valence-electron chi connectivity index (χ3n) is 6.18. The van der Waals surface area contributed by atoms with Gasteiger partial charge in [0.1, 0.15) is 6.54 Å². The first-order valence-corrected chi connectivity index (χ1v) is 11.8. The van der Waals surface area contributed by atoms with Gasteiger partial charge in [-0.3, -0.25) is 9.59 Å². The number of hydrogen-bond donors (Lipinski definition) is 1. The molecular formula is C23H31N3O2S. The Bertz CT molecular complexity index is 746. The molecule has 1 aliphatic carbocycles. The van der Waals surface area contributed by atoms with Crippen molar-refractivity contribution < 1.29 is 9.59 Å². The zero-order chi connectivity index (χ0) is 20.1. The van der Waals surface area contributed by atoms with E-state index >= 15 is 0 Å². The van der Waals surface area contributed by atoms with Crippen molar-refractivity contribution in [1.29, 1.82) is 0 Å². The largest absolute Gasteiger partial charge is 0.353 e. The van der Waals surface area contributed by atoms with E-state index < -0.39 is 0 Å². The molecule has 0 bridgehead atoms. The molecule has 1 saturated carbocycles. The van der Waals surface area contributed by atoms with Crippen LogP contribution in [0, 0.1) is 0 Å². The number of rotatable bonds is 6. The molecule has 2 atom stereocenters. The number of carbonyl (C=O) groups is 2. The van der Waals surface area contributed by atoms with Crippen molar-refractivity contribution in [1.82, 2.24) is 15.1 Å². The van der Waals surface area contributed by atoms with Gasteiger partial charge in [0, 0.05) is 24.4 Å². The lowest BCUT2D eigenvalue weighted by Crippen LogP contribution is -2.54. The van der Waals surface area contributed by atoms with Crippen LogP contribution in [0.2, 0.25) is 0 Å². The number of hydrogen-bond acceptors (Lipinski definition) is 4. The van der Waals surface area contributed by atoms with E-state index in [1.807, 2.05) is 41.3 Å². The average molecular weight is 414 g/mol. The summed E-state index contributed by atoms with van der Waals surface area (Å²) >= 11 is 1.72. The van der Waals surface area contributed by atoms with Crippen molar-refractivity contribution in [2.24, 2.45) is 0 Å². The van der Waals surface area contributed by atoms with Gasteiger partial charge in [-0.15, -0.1) is 11.8 Å². The second kappa shape index (κ2) is 9.81. The molecule has 0 radical (unpaired) electrons. The number of nitrogens with zero attached hydrogens (tertiary/aromatic N) is 2. The summed E-state index contributed by atoms with van der Waals surface area (Å²) in [6.07, 6.45) is 8.96. The molecule has 1 aromatic carbocycles. The Morgan fingerprint density at radius 3 is 2.66 bits per heavy atom. The van der Waals surface area contributed by atoms with E-state index in [1.165, 1.54) is 19.3 Å². The zero-order valence-electron chi connectivity index (χ0n) is 17.0. The molecule has 2 unspecified atom stereocenters. The van der Waals surface area contributed by atoms with Crippen LogP contribution < -0.4 is 5.32 Å². The van der Waals surface area contributed by atoms with Gasteiger partial charge in [0.25, 0.3) is 5.91 Å². The zero-order valence-corrected chi connectivity index (χ0v) is 17.8. The van der Waals surface area contributed by atoms with Gasteiger partial charge >= 0.3 is 0 Å². The fourth-order valence-electron chi connectivity index (χ4n) is 4.63. The summed E-state index contributed by atoms with van der Waals surface area (Å²) in [6, 6.07) is 10.2. The Labute approximate surface area is 177 Å². The van der Waals surface area contributed by atoms with Gasteiger partial charge < -0.3 is 15.1 Å². The van der Waals surface area contributed by atoms with Crippen LogP contribution in [0.4, 0.5) is 0 Å². The highest BCUT2D eigenvalue weighted by Crippen LogP contribution is 2.42. The van der Waals surface area contributed by atoms with Gasteiger partial charge in [-0.25, -0.2) is 0 Å². The summed E-state index contributed by atoms with van der Waals surface area (Å²) in [7, 11) is 0. The number of nitrogens with one attached hydrogen (secondary N) is 1. The number of benzene rings is 1. The molecule has 2 saturated heterocycles. The third kappa shape index (κ3) is 5.23. The number of amides is 2. The maximum atomic E-state index is 13.3. The first kappa shape index (κ1) is 20.5. The first-order valence-electron chi connectivity index (χ1n) is 10.9. The summed E-state index contributed by atoms with van der Waals surface area (Å²) < 4.78 is 0. The molecule has 5 nitrogen and oxygen atoms in total. The number of fused-ring (bicyclic) bond motifs is 1. The molecule has 156 valence electrons. The van der Waals surface area contributed by atoms with Crippen molar-refractivity contribution >= 4 is 29.7 Å². The molecule has 3 fully saturated rings. The van der Waals surface area contributed by atoms with E-state index in [0.29, 0.717) is 11.8 Å². The number of carbonyl (C=O) groups excluding carboxylic acids is 2. The Kier molecular flexibility index (Phi) is 6.93. The van der Waals surface area contributed by atoms with Crippen LogP contribution in [0.15, 0.2) is 35.2 Å². The molecule has 29 heavy (non-hydrogen) atoms. The monoisotopic (exact) mass is 413 g/mol. The number of likely N-dealkylation sites (tertiary alicyclic amines) is 1. The fraction of sp³-hybridized carbons (Fsp3) is 0.565. The first-order chi connectivity index (χ1) is 14.2. The lowest BCUT2D eigenvalue weighted by Gasteiger charge is -2.43. The standard InChI is InChI=1S/C23H31N3O2S/c27-22(24-12-15-25-13-6-7-14-25)17-26-19-10-4-5-11-20(19)29-21(23(26)28)16-18-8-2-1-3-9-18/h1-3,8-9,16,19-20H,4-7,10-15,17H2,(H,24,27)/b21-16-. The van der Waals surface area contributed by atoms with E-state index in [0.717, 1.165) is 49.4 Å². The SMILES string of the molecule is O=C(CN1C(=O)/C(=C/c2ccccc2)SC2CCCCC21)NCCN1CCCC1. The molecule has 2 heterocycles. The molecule has 2 amide bonds. The molecular weight excluding hydrogens is 382 g/mol. The van der Waals surface area contributed by atoms with Gasteiger partial charge in [0.05, 0.1) is 4.91 Å². The Morgan fingerprint density at radius 2 is 1.86 bits per heavy atom. The van der Waals surface area contributed by atoms with Gasteiger partial charge in [-0.05, 0) is 50.4 Å². The van der Waals surface area contributed by atoms with Crippen LogP contribution in [0.25, 0.3) is 6.08 Å². The minimum absolute atomic E-state index is 0.0108. The van der Waals surface area contributed by atoms with Crippen LogP contribution in [-0.4, -0.2) is 65.6 Å². The molecule has 1 N–H and O–H groups in total. The third-order valence-corrected chi connectivity index (χ3v) is 7.58. The maximum absolute atomic E-state index is 13.3. The topological polar surface area (TPSA) is 52.7 Å². The Hall–Kier alpha value is -1.79. The molecule has 4 rings (SSSR count). The highest BCUT2D eigenvalue weighted by Gasteiger charge is 2.41. The van der Waals surface area contributed by atoms with Crippen molar-refractivity contribution in [2.75, 3.05) is 32.7 Å². The second-order valence-corrected chi connectivity index (χ2v) is 9.54. The second-order valence-electron chi connectivity index (χ2n) is 8.26. The highest BCUT2D eigenvalue weighted by molar-refractivity contribution is 8.04. The van der Waals surface area contributed by atoms with Crippen LogP contribution >= 0.6 is 11.8 Å². The van der Waals surface area contributed by atoms with Crippen molar-refractivity contribution in [3.8, 4) is 0 Å².